The van der Waals surface area contributed by atoms with Gasteiger partial charge in [0.1, 0.15) is 5.03 Å². The van der Waals surface area contributed by atoms with Gasteiger partial charge in [-0.3, -0.25) is 14.9 Å². The highest BCUT2D eigenvalue weighted by atomic mass is 35.5. The van der Waals surface area contributed by atoms with Gasteiger partial charge in [0.25, 0.3) is 17.4 Å². The Morgan fingerprint density at radius 3 is 2.80 bits per heavy atom. The summed E-state index contributed by atoms with van der Waals surface area (Å²) in [5.41, 5.74) is 0.242. The summed E-state index contributed by atoms with van der Waals surface area (Å²) in [7, 11) is 1.45. The van der Waals surface area contributed by atoms with Crippen LogP contribution in [0, 0.1) is 10.1 Å². The van der Waals surface area contributed by atoms with Crippen LogP contribution in [-0.2, 0) is 6.54 Å². The average Bonchev–Trinajstić information content (AvgIpc) is 2.56. The fourth-order valence-corrected chi connectivity index (χ4v) is 2.81. The average molecular weight is 388 g/mol. The molecule has 0 unspecified atom stereocenters. The first-order chi connectivity index (χ1) is 11.8. The largest absolute Gasteiger partial charge is 0.337 e. The van der Waals surface area contributed by atoms with Crippen molar-refractivity contribution in [1.29, 1.82) is 0 Å². The highest BCUT2D eigenvalue weighted by Crippen LogP contribution is 2.28. The Labute approximate surface area is 150 Å². The van der Waals surface area contributed by atoms with Crippen LogP contribution in [-0.4, -0.2) is 33.5 Å². The highest BCUT2D eigenvalue weighted by Gasteiger charge is 2.21. The lowest BCUT2D eigenvalue weighted by Crippen LogP contribution is -2.27. The van der Waals surface area contributed by atoms with Gasteiger partial charge in [-0.15, -0.1) is 0 Å². The molecule has 1 amide bonds. The lowest BCUT2D eigenvalue weighted by molar-refractivity contribution is -0.384. The number of benzene rings is 1. The smallest absolute Gasteiger partial charge is 0.290 e. The molecular weight excluding hydrogens is 376 g/mol. The van der Waals surface area contributed by atoms with Crippen molar-refractivity contribution >= 4 is 35.0 Å². The minimum absolute atomic E-state index is 0.0208. The number of hydrogen-bond donors (Lipinski definition) is 0. The van der Waals surface area contributed by atoms with E-state index >= 15 is 0 Å². The Kier molecular flexibility index (Phi) is 6.27. The molecular formula is C15H12ClF2N3O3S. The summed E-state index contributed by atoms with van der Waals surface area (Å²) >= 11 is 6.20. The molecule has 0 spiro atoms. The van der Waals surface area contributed by atoms with Crippen molar-refractivity contribution in [2.75, 3.05) is 7.05 Å². The molecule has 1 aromatic heterocycles. The van der Waals surface area contributed by atoms with Crippen molar-refractivity contribution in [3.63, 3.8) is 0 Å². The molecule has 2 aromatic rings. The van der Waals surface area contributed by atoms with E-state index in [2.05, 4.69) is 4.98 Å². The van der Waals surface area contributed by atoms with E-state index in [1.54, 1.807) is 0 Å². The van der Waals surface area contributed by atoms with Gasteiger partial charge in [-0.25, -0.2) is 4.98 Å². The van der Waals surface area contributed by atoms with Gasteiger partial charge < -0.3 is 4.90 Å². The van der Waals surface area contributed by atoms with Gasteiger partial charge in [-0.05, 0) is 35.5 Å². The van der Waals surface area contributed by atoms with E-state index in [0.717, 1.165) is 0 Å². The van der Waals surface area contributed by atoms with E-state index in [0.29, 0.717) is 5.56 Å². The number of carbonyl (C=O) groups excluding carboxylic acids is 1. The van der Waals surface area contributed by atoms with E-state index in [-0.39, 0.29) is 39.6 Å². The minimum Gasteiger partial charge on any atom is -0.337 e. The molecule has 132 valence electrons. The second-order valence-electron chi connectivity index (χ2n) is 4.93. The van der Waals surface area contributed by atoms with E-state index in [9.17, 15) is 23.7 Å². The maximum Gasteiger partial charge on any atom is 0.290 e. The molecule has 10 heteroatoms. The van der Waals surface area contributed by atoms with Crippen molar-refractivity contribution in [3.05, 3.63) is 62.8 Å². The van der Waals surface area contributed by atoms with Gasteiger partial charge in [-0.2, -0.15) is 8.78 Å². The Balaban J connectivity index is 2.24. The number of rotatable bonds is 6. The van der Waals surface area contributed by atoms with Crippen LogP contribution in [0.5, 0.6) is 0 Å². The molecule has 25 heavy (non-hydrogen) atoms. The Morgan fingerprint density at radius 1 is 1.44 bits per heavy atom. The standard InChI is InChI=1S/C15H12ClF2N3O3S/c1-20(8-9-7-10(21(23)24)4-5-12(9)16)14(22)11-3-2-6-19-13(11)25-15(17)18/h2-7,15H,8H2,1H3. The molecule has 0 aliphatic carbocycles. The number of alkyl halides is 2. The zero-order valence-electron chi connectivity index (χ0n) is 12.9. The van der Waals surface area contributed by atoms with E-state index in [1.807, 2.05) is 0 Å². The normalized spacial score (nSPS) is 10.8. The van der Waals surface area contributed by atoms with Gasteiger partial charge in [0.15, 0.2) is 0 Å². The fourth-order valence-electron chi connectivity index (χ4n) is 2.06. The zero-order chi connectivity index (χ0) is 18.6. The summed E-state index contributed by atoms with van der Waals surface area (Å²) in [4.78, 5) is 27.9. The van der Waals surface area contributed by atoms with Crippen LogP contribution in [0.3, 0.4) is 0 Å². The number of hydrogen-bond acceptors (Lipinski definition) is 5. The summed E-state index contributed by atoms with van der Waals surface area (Å²) in [6.07, 6.45) is 1.32. The van der Waals surface area contributed by atoms with Gasteiger partial charge >= 0.3 is 0 Å². The second kappa shape index (κ2) is 8.21. The maximum atomic E-state index is 12.6. The number of halogens is 3. The monoisotopic (exact) mass is 387 g/mol. The Bertz CT molecular complexity index is 807. The summed E-state index contributed by atoms with van der Waals surface area (Å²) < 4.78 is 25.2. The van der Waals surface area contributed by atoms with Crippen molar-refractivity contribution in [2.45, 2.75) is 17.3 Å². The quantitative estimate of drug-likeness (QED) is 0.421. The van der Waals surface area contributed by atoms with Crippen LogP contribution < -0.4 is 0 Å². The fraction of sp³-hybridized carbons (Fsp3) is 0.200. The molecule has 0 N–H and O–H groups in total. The van der Waals surface area contributed by atoms with Crippen LogP contribution in [0.1, 0.15) is 15.9 Å². The van der Waals surface area contributed by atoms with Gasteiger partial charge in [-0.1, -0.05) is 11.6 Å². The summed E-state index contributed by atoms with van der Waals surface area (Å²) in [6, 6.07) is 6.76. The first-order valence-electron chi connectivity index (χ1n) is 6.87. The van der Waals surface area contributed by atoms with E-state index < -0.39 is 16.6 Å². The number of non-ortho nitro benzene ring substituents is 1. The number of nitro groups is 1. The Hall–Kier alpha value is -2.26. The topological polar surface area (TPSA) is 76.3 Å². The summed E-state index contributed by atoms with van der Waals surface area (Å²) in [5, 5.41) is 11.0. The van der Waals surface area contributed by atoms with Crippen LogP contribution in [0.2, 0.25) is 5.02 Å². The minimum atomic E-state index is -2.71. The van der Waals surface area contributed by atoms with Crippen LogP contribution in [0.15, 0.2) is 41.6 Å². The first-order valence-corrected chi connectivity index (χ1v) is 8.13. The number of thioether (sulfide) groups is 1. The predicted molar refractivity (Wildman–Crippen MR) is 90.0 cm³/mol. The van der Waals surface area contributed by atoms with Crippen molar-refractivity contribution in [3.8, 4) is 0 Å². The van der Waals surface area contributed by atoms with Gasteiger partial charge in [0.05, 0.1) is 10.5 Å². The third-order valence-corrected chi connectivity index (χ3v) is 4.29. The second-order valence-corrected chi connectivity index (χ2v) is 6.31. The number of pyridine rings is 1. The Morgan fingerprint density at radius 2 is 2.16 bits per heavy atom. The molecule has 0 bridgehead atoms. The lowest BCUT2D eigenvalue weighted by Gasteiger charge is -2.19. The molecule has 0 aliphatic heterocycles. The predicted octanol–water partition coefficient (Wildman–Crippen LogP) is 4.23. The third kappa shape index (κ3) is 4.86. The third-order valence-electron chi connectivity index (χ3n) is 3.20. The lowest BCUT2D eigenvalue weighted by atomic mass is 10.1. The van der Waals surface area contributed by atoms with Crippen molar-refractivity contribution < 1.29 is 18.5 Å². The number of nitro benzene ring substituents is 1. The number of aromatic nitrogens is 1. The number of nitrogens with zero attached hydrogens (tertiary/aromatic N) is 3. The van der Waals surface area contributed by atoms with Crippen molar-refractivity contribution in [1.82, 2.24) is 9.88 Å². The SMILES string of the molecule is CN(Cc1cc([N+](=O)[O-])ccc1Cl)C(=O)c1cccnc1SC(F)F. The summed E-state index contributed by atoms with van der Waals surface area (Å²) in [6.45, 7) is -0.0208. The van der Waals surface area contributed by atoms with Gasteiger partial charge in [0.2, 0.25) is 0 Å². The van der Waals surface area contributed by atoms with E-state index in [4.69, 9.17) is 11.6 Å². The molecule has 0 radical (unpaired) electrons. The van der Waals surface area contributed by atoms with Crippen LogP contribution >= 0.6 is 23.4 Å². The maximum absolute atomic E-state index is 12.6. The number of carbonyl (C=O) groups is 1. The molecule has 6 nitrogen and oxygen atoms in total. The summed E-state index contributed by atoms with van der Waals surface area (Å²) in [5.74, 6) is -3.25. The zero-order valence-corrected chi connectivity index (χ0v) is 14.4. The molecule has 1 aromatic carbocycles. The molecule has 0 fully saturated rings. The van der Waals surface area contributed by atoms with Gasteiger partial charge in [0, 0.05) is 36.9 Å². The molecule has 2 rings (SSSR count). The van der Waals surface area contributed by atoms with Crippen LogP contribution in [0.4, 0.5) is 14.5 Å². The van der Waals surface area contributed by atoms with Crippen LogP contribution in [0.25, 0.3) is 0 Å². The molecule has 0 saturated carbocycles. The number of amides is 1. The molecule has 0 saturated heterocycles. The van der Waals surface area contributed by atoms with Crippen molar-refractivity contribution in [2.24, 2.45) is 0 Å². The van der Waals surface area contributed by atoms with E-state index in [1.165, 1.54) is 48.5 Å². The molecule has 1 heterocycles. The highest BCUT2D eigenvalue weighted by molar-refractivity contribution is 7.99. The molecule has 0 atom stereocenters. The molecule has 0 aliphatic rings. The first kappa shape index (κ1) is 19.1.